The van der Waals surface area contributed by atoms with Gasteiger partial charge in [0, 0.05) is 51.2 Å². The van der Waals surface area contributed by atoms with Crippen molar-refractivity contribution in [3.63, 3.8) is 0 Å². The third kappa shape index (κ3) is 3.82. The van der Waals surface area contributed by atoms with E-state index in [0.29, 0.717) is 37.3 Å². The fraction of sp³-hybridized carbons (Fsp3) is 0.429. The van der Waals surface area contributed by atoms with Crippen molar-refractivity contribution in [2.75, 3.05) is 26.2 Å². The molecule has 0 N–H and O–H groups in total. The molecule has 0 aliphatic carbocycles. The van der Waals surface area contributed by atoms with Crippen molar-refractivity contribution in [1.82, 2.24) is 14.4 Å². The zero-order valence-corrected chi connectivity index (χ0v) is 16.0. The van der Waals surface area contributed by atoms with E-state index >= 15 is 0 Å². The molecule has 2 aromatic rings. The Morgan fingerprint density at radius 3 is 1.73 bits per heavy atom. The molecular formula is C21H27N3O2. The highest BCUT2D eigenvalue weighted by Gasteiger charge is 2.26. The van der Waals surface area contributed by atoms with Gasteiger partial charge >= 0.3 is 0 Å². The highest BCUT2D eigenvalue weighted by Crippen LogP contribution is 2.22. The van der Waals surface area contributed by atoms with E-state index in [1.165, 1.54) is 5.56 Å². The fourth-order valence-electron chi connectivity index (χ4n) is 3.22. The lowest BCUT2D eigenvalue weighted by Crippen LogP contribution is -2.50. The van der Waals surface area contributed by atoms with E-state index in [9.17, 15) is 9.59 Å². The van der Waals surface area contributed by atoms with Gasteiger partial charge in [-0.25, -0.2) is 0 Å². The molecule has 0 unspecified atom stereocenters. The summed E-state index contributed by atoms with van der Waals surface area (Å²) in [5.74, 6) is 0.0736. The molecule has 1 fully saturated rings. The first-order chi connectivity index (χ1) is 12.3. The minimum Gasteiger partial charge on any atom is -0.356 e. The average molecular weight is 353 g/mol. The summed E-state index contributed by atoms with van der Waals surface area (Å²) in [6, 6.07) is 9.70. The van der Waals surface area contributed by atoms with E-state index in [4.69, 9.17) is 0 Å². The largest absolute Gasteiger partial charge is 0.356 e. The lowest BCUT2D eigenvalue weighted by molar-refractivity contribution is 0.0535. The molecule has 1 aromatic carbocycles. The van der Waals surface area contributed by atoms with Crippen LogP contribution in [0.15, 0.2) is 42.7 Å². The molecule has 0 saturated carbocycles. The van der Waals surface area contributed by atoms with Crippen LogP contribution in [0, 0.1) is 0 Å². The third-order valence-electron chi connectivity index (χ3n) is 4.93. The summed E-state index contributed by atoms with van der Waals surface area (Å²) in [6.07, 6.45) is 3.70. The second-order valence-corrected chi connectivity index (χ2v) is 7.98. The number of carbonyl (C=O) groups is 2. The number of piperazine rings is 1. The van der Waals surface area contributed by atoms with Crippen LogP contribution < -0.4 is 0 Å². The molecule has 26 heavy (non-hydrogen) atoms. The molecule has 0 radical (unpaired) electrons. The van der Waals surface area contributed by atoms with Crippen LogP contribution in [0.25, 0.3) is 0 Å². The number of rotatable bonds is 2. The molecule has 5 nitrogen and oxygen atoms in total. The Bertz CT molecular complexity index is 791. The van der Waals surface area contributed by atoms with Gasteiger partial charge in [0.15, 0.2) is 0 Å². The molecule has 2 heterocycles. The van der Waals surface area contributed by atoms with E-state index in [1.54, 1.807) is 0 Å². The Hall–Kier alpha value is -2.56. The van der Waals surface area contributed by atoms with E-state index in [-0.39, 0.29) is 17.2 Å². The van der Waals surface area contributed by atoms with Crippen molar-refractivity contribution in [3.05, 3.63) is 59.4 Å². The summed E-state index contributed by atoms with van der Waals surface area (Å²) >= 11 is 0. The summed E-state index contributed by atoms with van der Waals surface area (Å²) in [6.45, 7) is 8.75. The molecule has 1 saturated heterocycles. The van der Waals surface area contributed by atoms with Crippen LogP contribution >= 0.6 is 0 Å². The minimum absolute atomic E-state index is 0.0345. The summed E-state index contributed by atoms with van der Waals surface area (Å²) in [7, 11) is 1.90. The Kier molecular flexibility index (Phi) is 4.90. The highest BCUT2D eigenvalue weighted by molar-refractivity contribution is 5.96. The van der Waals surface area contributed by atoms with Gasteiger partial charge in [-0.15, -0.1) is 0 Å². The molecule has 1 aliphatic heterocycles. The van der Waals surface area contributed by atoms with E-state index in [1.807, 2.05) is 64.1 Å². The summed E-state index contributed by atoms with van der Waals surface area (Å²) in [4.78, 5) is 28.9. The van der Waals surface area contributed by atoms with Crippen molar-refractivity contribution in [1.29, 1.82) is 0 Å². The quantitative estimate of drug-likeness (QED) is 0.833. The first kappa shape index (κ1) is 18.2. The number of hydrogen-bond acceptors (Lipinski definition) is 2. The van der Waals surface area contributed by atoms with Gasteiger partial charge in [-0.3, -0.25) is 9.59 Å². The molecule has 2 amide bonds. The van der Waals surface area contributed by atoms with Crippen LogP contribution in [0.2, 0.25) is 0 Å². The van der Waals surface area contributed by atoms with Crippen LogP contribution in [-0.4, -0.2) is 52.4 Å². The van der Waals surface area contributed by atoms with Crippen LogP contribution in [0.5, 0.6) is 0 Å². The van der Waals surface area contributed by atoms with Gasteiger partial charge in [0.1, 0.15) is 0 Å². The first-order valence-electron chi connectivity index (χ1n) is 9.07. The van der Waals surface area contributed by atoms with Gasteiger partial charge in [0.2, 0.25) is 0 Å². The van der Waals surface area contributed by atoms with Crippen LogP contribution in [0.4, 0.5) is 0 Å². The van der Waals surface area contributed by atoms with E-state index in [2.05, 4.69) is 20.8 Å². The number of benzene rings is 1. The number of amides is 2. The molecule has 1 aromatic heterocycles. The SMILES string of the molecule is Cn1ccc(C(=O)N2CCN(C(=O)c3ccc(C(C)(C)C)cc3)CC2)c1. The number of aryl methyl sites for hydroxylation is 1. The van der Waals surface area contributed by atoms with Gasteiger partial charge in [0.05, 0.1) is 5.56 Å². The normalized spacial score (nSPS) is 15.2. The molecular weight excluding hydrogens is 326 g/mol. The van der Waals surface area contributed by atoms with Crippen molar-refractivity contribution in [2.45, 2.75) is 26.2 Å². The molecule has 0 spiro atoms. The standard InChI is InChI=1S/C21H27N3O2/c1-21(2,3)18-7-5-16(6-8-18)19(25)23-11-13-24(14-12-23)20(26)17-9-10-22(4)15-17/h5-10,15H,11-14H2,1-4H3. The molecule has 5 heteroatoms. The predicted octanol–water partition coefficient (Wildman–Crippen LogP) is 2.92. The third-order valence-corrected chi connectivity index (χ3v) is 4.93. The van der Waals surface area contributed by atoms with Gasteiger partial charge in [0.25, 0.3) is 11.8 Å². The summed E-state index contributed by atoms with van der Waals surface area (Å²) < 4.78 is 1.87. The van der Waals surface area contributed by atoms with Crippen molar-refractivity contribution in [3.8, 4) is 0 Å². The smallest absolute Gasteiger partial charge is 0.255 e. The molecule has 1 aliphatic rings. The summed E-state index contributed by atoms with van der Waals surface area (Å²) in [5, 5.41) is 0. The minimum atomic E-state index is 0.0345. The van der Waals surface area contributed by atoms with Gasteiger partial charge in [-0.05, 0) is 29.2 Å². The number of hydrogen-bond donors (Lipinski definition) is 0. The maximum Gasteiger partial charge on any atom is 0.255 e. The monoisotopic (exact) mass is 353 g/mol. The van der Waals surface area contributed by atoms with Gasteiger partial charge in [-0.2, -0.15) is 0 Å². The maximum absolute atomic E-state index is 12.7. The Morgan fingerprint density at radius 1 is 0.808 bits per heavy atom. The predicted molar refractivity (Wildman–Crippen MR) is 102 cm³/mol. The van der Waals surface area contributed by atoms with Gasteiger partial charge in [-0.1, -0.05) is 32.9 Å². The molecule has 0 bridgehead atoms. The lowest BCUT2D eigenvalue weighted by atomic mass is 9.86. The molecule has 138 valence electrons. The topological polar surface area (TPSA) is 45.6 Å². The number of carbonyl (C=O) groups excluding carboxylic acids is 2. The lowest BCUT2D eigenvalue weighted by Gasteiger charge is -2.34. The zero-order chi connectivity index (χ0) is 18.9. The van der Waals surface area contributed by atoms with Crippen molar-refractivity contribution in [2.24, 2.45) is 7.05 Å². The van der Waals surface area contributed by atoms with Crippen LogP contribution in [0.3, 0.4) is 0 Å². The van der Waals surface area contributed by atoms with Gasteiger partial charge < -0.3 is 14.4 Å². The van der Waals surface area contributed by atoms with Crippen molar-refractivity contribution >= 4 is 11.8 Å². The Balaban J connectivity index is 1.61. The average Bonchev–Trinajstić information content (AvgIpc) is 3.06. The Morgan fingerprint density at radius 2 is 1.31 bits per heavy atom. The fourth-order valence-corrected chi connectivity index (χ4v) is 3.22. The maximum atomic E-state index is 12.7. The van der Waals surface area contributed by atoms with Crippen molar-refractivity contribution < 1.29 is 9.59 Å². The Labute approximate surface area is 155 Å². The second-order valence-electron chi connectivity index (χ2n) is 7.98. The molecule has 3 rings (SSSR count). The number of nitrogens with zero attached hydrogens (tertiary/aromatic N) is 3. The van der Waals surface area contributed by atoms with Crippen LogP contribution in [0.1, 0.15) is 47.1 Å². The van der Waals surface area contributed by atoms with E-state index in [0.717, 1.165) is 0 Å². The zero-order valence-electron chi connectivity index (χ0n) is 16.0. The summed E-state index contributed by atoms with van der Waals surface area (Å²) in [5.41, 5.74) is 2.70. The van der Waals surface area contributed by atoms with E-state index < -0.39 is 0 Å². The second kappa shape index (κ2) is 6.98. The van der Waals surface area contributed by atoms with Crippen LogP contribution in [-0.2, 0) is 12.5 Å². The molecule has 0 atom stereocenters. The number of aromatic nitrogens is 1. The first-order valence-corrected chi connectivity index (χ1v) is 9.07. The highest BCUT2D eigenvalue weighted by atomic mass is 16.2.